The van der Waals surface area contributed by atoms with Gasteiger partial charge in [0.2, 0.25) is 0 Å². The number of esters is 1. The highest BCUT2D eigenvalue weighted by molar-refractivity contribution is 5.96. The first-order chi connectivity index (χ1) is 11.4. The van der Waals surface area contributed by atoms with E-state index in [4.69, 9.17) is 4.74 Å². The van der Waals surface area contributed by atoms with Crippen LogP contribution in [0.1, 0.15) is 44.2 Å². The summed E-state index contributed by atoms with van der Waals surface area (Å²) in [7, 11) is 0. The lowest BCUT2D eigenvalue weighted by Crippen LogP contribution is -2.41. The van der Waals surface area contributed by atoms with Gasteiger partial charge in [0.1, 0.15) is 0 Å². The summed E-state index contributed by atoms with van der Waals surface area (Å²) in [5.74, 6) is -0.875. The predicted molar refractivity (Wildman–Crippen MR) is 92.4 cm³/mol. The van der Waals surface area contributed by atoms with Crippen molar-refractivity contribution in [2.24, 2.45) is 0 Å². The molecule has 1 rings (SSSR count). The average Bonchev–Trinajstić information content (AvgIpc) is 2.56. The van der Waals surface area contributed by atoms with Crippen LogP contribution in [-0.4, -0.2) is 31.1 Å². The number of hydrogen-bond donors (Lipinski definition) is 2. The lowest BCUT2D eigenvalue weighted by molar-refractivity contribution is -0.143. The molecule has 0 heterocycles. The van der Waals surface area contributed by atoms with Gasteiger partial charge in [-0.05, 0) is 29.5 Å². The first-order valence-electron chi connectivity index (χ1n) is 7.94. The smallest absolute Gasteiger partial charge is 0.331 e. The molecule has 0 spiro atoms. The van der Waals surface area contributed by atoms with Crippen LogP contribution in [0.25, 0.3) is 6.08 Å². The molecule has 0 saturated heterocycles. The summed E-state index contributed by atoms with van der Waals surface area (Å²) in [6.45, 7) is 6.07. The van der Waals surface area contributed by atoms with Crippen molar-refractivity contribution in [1.82, 2.24) is 10.6 Å². The Kier molecular flexibility index (Phi) is 8.25. The van der Waals surface area contributed by atoms with Gasteiger partial charge in [0.05, 0.1) is 0 Å². The number of nitrogens with one attached hydrogen (secondary N) is 2. The molecule has 0 radical (unpaired) electrons. The molecule has 0 aliphatic heterocycles. The van der Waals surface area contributed by atoms with Gasteiger partial charge < -0.3 is 10.1 Å². The van der Waals surface area contributed by atoms with Crippen LogP contribution in [-0.2, 0) is 14.3 Å². The second-order valence-corrected chi connectivity index (χ2v) is 5.57. The Morgan fingerprint density at radius 2 is 1.83 bits per heavy atom. The minimum atomic E-state index is -0.674. The quantitative estimate of drug-likeness (QED) is 0.594. The van der Waals surface area contributed by atoms with Crippen molar-refractivity contribution >= 4 is 24.0 Å². The Labute approximate surface area is 142 Å². The zero-order valence-corrected chi connectivity index (χ0v) is 14.3. The third-order valence-corrected chi connectivity index (χ3v) is 3.15. The molecule has 6 heteroatoms. The first-order valence-corrected chi connectivity index (χ1v) is 7.94. The average molecular weight is 332 g/mol. The van der Waals surface area contributed by atoms with Crippen molar-refractivity contribution < 1.29 is 19.1 Å². The number of benzene rings is 1. The van der Waals surface area contributed by atoms with Gasteiger partial charge in [-0.25, -0.2) is 9.59 Å². The van der Waals surface area contributed by atoms with Crippen LogP contribution in [0.3, 0.4) is 0 Å². The van der Waals surface area contributed by atoms with Crippen LogP contribution in [0, 0.1) is 0 Å². The molecule has 3 amide bonds. The molecular weight excluding hydrogens is 308 g/mol. The third-order valence-electron chi connectivity index (χ3n) is 3.15. The van der Waals surface area contributed by atoms with Gasteiger partial charge in [-0.15, -0.1) is 0 Å². The number of rotatable bonds is 7. The fourth-order valence-corrected chi connectivity index (χ4v) is 1.79. The van der Waals surface area contributed by atoms with Gasteiger partial charge in [-0.3, -0.25) is 10.1 Å². The van der Waals surface area contributed by atoms with E-state index in [1.54, 1.807) is 6.08 Å². The highest BCUT2D eigenvalue weighted by Crippen LogP contribution is 2.15. The van der Waals surface area contributed by atoms with Gasteiger partial charge in [0.25, 0.3) is 5.91 Å². The Morgan fingerprint density at radius 3 is 2.42 bits per heavy atom. The molecule has 130 valence electrons. The summed E-state index contributed by atoms with van der Waals surface area (Å²) < 4.78 is 4.78. The summed E-state index contributed by atoms with van der Waals surface area (Å²) in [6.07, 6.45) is 3.62. The summed E-state index contributed by atoms with van der Waals surface area (Å²) in [4.78, 5) is 34.2. The van der Waals surface area contributed by atoms with Gasteiger partial charge in [-0.2, -0.15) is 0 Å². The van der Waals surface area contributed by atoms with Crippen LogP contribution in [0.2, 0.25) is 0 Å². The van der Waals surface area contributed by atoms with Crippen LogP contribution in [0.5, 0.6) is 0 Å². The molecular formula is C18H24N2O4. The van der Waals surface area contributed by atoms with E-state index in [1.807, 2.05) is 31.2 Å². The molecule has 0 bridgehead atoms. The number of hydrogen-bond acceptors (Lipinski definition) is 4. The van der Waals surface area contributed by atoms with Crippen LogP contribution in [0.15, 0.2) is 30.3 Å². The predicted octanol–water partition coefficient (Wildman–Crippen LogP) is 2.60. The van der Waals surface area contributed by atoms with Gasteiger partial charge in [-0.1, -0.05) is 45.0 Å². The molecule has 6 nitrogen and oxygen atoms in total. The number of carbonyl (C=O) groups is 3. The van der Waals surface area contributed by atoms with E-state index in [-0.39, 0.29) is 0 Å². The highest BCUT2D eigenvalue weighted by Gasteiger charge is 2.08. The molecule has 0 unspecified atom stereocenters. The fourth-order valence-electron chi connectivity index (χ4n) is 1.79. The van der Waals surface area contributed by atoms with Crippen molar-refractivity contribution in [2.45, 2.75) is 33.1 Å². The molecule has 0 saturated carbocycles. The van der Waals surface area contributed by atoms with E-state index in [1.165, 1.54) is 11.6 Å². The Morgan fingerprint density at radius 1 is 1.17 bits per heavy atom. The monoisotopic (exact) mass is 332 g/mol. The third kappa shape index (κ3) is 7.58. The molecule has 2 N–H and O–H groups in total. The SMILES string of the molecule is CCCNC(=O)NC(=O)COC(=O)/C=C/c1ccc(C(C)C)cc1. The van der Waals surface area contributed by atoms with Gasteiger partial charge >= 0.3 is 12.0 Å². The Balaban J connectivity index is 2.37. The van der Waals surface area contributed by atoms with Crippen molar-refractivity contribution in [3.63, 3.8) is 0 Å². The van der Waals surface area contributed by atoms with Crippen LogP contribution >= 0.6 is 0 Å². The maximum Gasteiger partial charge on any atom is 0.331 e. The van der Waals surface area contributed by atoms with E-state index >= 15 is 0 Å². The molecule has 0 aliphatic rings. The second-order valence-electron chi connectivity index (χ2n) is 5.57. The summed E-state index contributed by atoms with van der Waals surface area (Å²) in [5.41, 5.74) is 2.08. The van der Waals surface area contributed by atoms with Crippen molar-refractivity contribution in [3.8, 4) is 0 Å². The molecule has 24 heavy (non-hydrogen) atoms. The Hall–Kier alpha value is -2.63. The summed E-state index contributed by atoms with van der Waals surface area (Å²) in [6, 6.07) is 7.21. The molecule has 0 aromatic heterocycles. The number of amides is 3. The first kappa shape index (κ1) is 19.4. The molecule has 1 aromatic carbocycles. The zero-order chi connectivity index (χ0) is 17.9. The highest BCUT2D eigenvalue weighted by atomic mass is 16.5. The molecule has 0 atom stereocenters. The van der Waals surface area contributed by atoms with E-state index in [2.05, 4.69) is 24.5 Å². The van der Waals surface area contributed by atoms with Gasteiger partial charge in [0, 0.05) is 12.6 Å². The maximum absolute atomic E-state index is 11.6. The largest absolute Gasteiger partial charge is 0.452 e. The fraction of sp³-hybridized carbons (Fsp3) is 0.389. The molecule has 0 fully saturated rings. The van der Waals surface area contributed by atoms with Gasteiger partial charge in [0.15, 0.2) is 6.61 Å². The Bertz CT molecular complexity index is 592. The van der Waals surface area contributed by atoms with Crippen LogP contribution < -0.4 is 10.6 Å². The summed E-state index contributed by atoms with van der Waals surface area (Å²) >= 11 is 0. The van der Waals surface area contributed by atoms with Crippen molar-refractivity contribution in [3.05, 3.63) is 41.5 Å². The maximum atomic E-state index is 11.6. The zero-order valence-electron chi connectivity index (χ0n) is 14.3. The number of urea groups is 1. The minimum Gasteiger partial charge on any atom is -0.452 e. The second kappa shape index (κ2) is 10.2. The van der Waals surface area contributed by atoms with E-state index < -0.39 is 24.5 Å². The van der Waals surface area contributed by atoms with E-state index in [9.17, 15) is 14.4 Å². The molecule has 1 aromatic rings. The van der Waals surface area contributed by atoms with E-state index in [0.29, 0.717) is 12.5 Å². The van der Waals surface area contributed by atoms with Crippen LogP contribution in [0.4, 0.5) is 4.79 Å². The number of carbonyl (C=O) groups excluding carboxylic acids is 3. The summed E-state index contributed by atoms with van der Waals surface area (Å²) in [5, 5.41) is 4.55. The standard InChI is InChI=1S/C18H24N2O4/c1-4-11-19-18(23)20-16(21)12-24-17(22)10-7-14-5-8-15(9-6-14)13(2)3/h5-10,13H,4,11-12H2,1-3H3,(H2,19,20,21,23)/b10-7+. The molecule has 0 aliphatic carbocycles. The van der Waals surface area contributed by atoms with E-state index in [0.717, 1.165) is 12.0 Å². The lowest BCUT2D eigenvalue weighted by Gasteiger charge is -2.05. The topological polar surface area (TPSA) is 84.5 Å². The van der Waals surface area contributed by atoms with Crippen molar-refractivity contribution in [1.29, 1.82) is 0 Å². The minimum absolute atomic E-state index is 0.445. The normalized spacial score (nSPS) is 10.7. The lowest BCUT2D eigenvalue weighted by atomic mass is 10.0. The van der Waals surface area contributed by atoms with Crippen molar-refractivity contribution in [2.75, 3.05) is 13.2 Å². The number of imide groups is 1. The number of ether oxygens (including phenoxy) is 1.